The lowest BCUT2D eigenvalue weighted by Crippen LogP contribution is -2.04. The molecule has 0 aliphatic heterocycles. The van der Waals surface area contributed by atoms with Gasteiger partial charge in [-0.2, -0.15) is 0 Å². The maximum Gasteiger partial charge on any atom is 0.356 e. The fourth-order valence-corrected chi connectivity index (χ4v) is 1.73. The molecule has 0 saturated heterocycles. The van der Waals surface area contributed by atoms with Crippen LogP contribution in [-0.2, 0) is 11.2 Å². The number of aromatic nitrogens is 1. The first-order chi connectivity index (χ1) is 9.60. The predicted octanol–water partition coefficient (Wildman–Crippen LogP) is 2.37. The van der Waals surface area contributed by atoms with E-state index in [0.29, 0.717) is 6.42 Å². The first-order valence-electron chi connectivity index (χ1n) is 5.86. The van der Waals surface area contributed by atoms with Crippen molar-refractivity contribution in [3.05, 3.63) is 69.5 Å². The Bertz CT molecular complexity index is 621. The van der Waals surface area contributed by atoms with Crippen LogP contribution in [0.2, 0.25) is 0 Å². The molecule has 1 aromatic heterocycles. The van der Waals surface area contributed by atoms with Crippen molar-refractivity contribution in [2.45, 2.75) is 6.42 Å². The Kier molecular flexibility index (Phi) is 4.05. The van der Waals surface area contributed by atoms with E-state index in [9.17, 15) is 14.9 Å². The Hall–Kier alpha value is -2.76. The third-order valence-electron chi connectivity index (χ3n) is 2.77. The normalized spacial score (nSPS) is 10.1. The maximum absolute atomic E-state index is 11.2. The lowest BCUT2D eigenvalue weighted by atomic mass is 10.1. The van der Waals surface area contributed by atoms with Gasteiger partial charge in [0.05, 0.1) is 12.0 Å². The minimum Gasteiger partial charge on any atom is -0.464 e. The van der Waals surface area contributed by atoms with Gasteiger partial charge in [0.2, 0.25) is 0 Å². The highest BCUT2D eigenvalue weighted by Gasteiger charge is 2.07. The van der Waals surface area contributed by atoms with Crippen molar-refractivity contribution in [1.29, 1.82) is 0 Å². The van der Waals surface area contributed by atoms with Crippen LogP contribution in [0.15, 0.2) is 42.6 Å². The summed E-state index contributed by atoms with van der Waals surface area (Å²) in [5.41, 5.74) is 2.16. The smallest absolute Gasteiger partial charge is 0.356 e. The number of carbonyl (C=O) groups is 1. The number of pyridine rings is 1. The van der Waals surface area contributed by atoms with Crippen LogP contribution in [0.4, 0.5) is 5.69 Å². The zero-order valence-corrected chi connectivity index (χ0v) is 10.8. The van der Waals surface area contributed by atoms with E-state index in [1.165, 1.54) is 19.2 Å². The number of nitro benzene ring substituents is 1. The van der Waals surface area contributed by atoms with Crippen molar-refractivity contribution in [1.82, 2.24) is 4.98 Å². The van der Waals surface area contributed by atoms with E-state index in [4.69, 9.17) is 0 Å². The molecule has 0 N–H and O–H groups in total. The van der Waals surface area contributed by atoms with Crippen molar-refractivity contribution in [3.63, 3.8) is 0 Å². The van der Waals surface area contributed by atoms with Crippen LogP contribution >= 0.6 is 0 Å². The summed E-state index contributed by atoms with van der Waals surface area (Å²) >= 11 is 0. The number of nitrogens with zero attached hydrogens (tertiary/aromatic N) is 2. The monoisotopic (exact) mass is 272 g/mol. The van der Waals surface area contributed by atoms with Crippen molar-refractivity contribution in [2.24, 2.45) is 0 Å². The van der Waals surface area contributed by atoms with E-state index in [1.807, 2.05) is 0 Å². The molecule has 0 aliphatic carbocycles. The summed E-state index contributed by atoms with van der Waals surface area (Å²) in [6, 6.07) is 9.70. The molecule has 0 aliphatic rings. The molecule has 102 valence electrons. The number of ether oxygens (including phenoxy) is 1. The van der Waals surface area contributed by atoms with E-state index >= 15 is 0 Å². The van der Waals surface area contributed by atoms with E-state index in [2.05, 4.69) is 9.72 Å². The summed E-state index contributed by atoms with van der Waals surface area (Å²) in [6.07, 6.45) is 2.18. The molecule has 2 aromatic rings. The number of non-ortho nitro benzene ring substituents is 1. The molecule has 6 nitrogen and oxygen atoms in total. The highest BCUT2D eigenvalue weighted by atomic mass is 16.6. The van der Waals surface area contributed by atoms with Gasteiger partial charge in [0.25, 0.3) is 5.69 Å². The van der Waals surface area contributed by atoms with E-state index in [1.54, 1.807) is 30.5 Å². The van der Waals surface area contributed by atoms with E-state index in [0.717, 1.165) is 11.1 Å². The maximum atomic E-state index is 11.2. The summed E-state index contributed by atoms with van der Waals surface area (Å²) in [4.78, 5) is 25.4. The van der Waals surface area contributed by atoms with Gasteiger partial charge < -0.3 is 4.74 Å². The zero-order chi connectivity index (χ0) is 14.5. The van der Waals surface area contributed by atoms with Gasteiger partial charge in [-0.15, -0.1) is 0 Å². The van der Waals surface area contributed by atoms with Crippen LogP contribution < -0.4 is 0 Å². The Morgan fingerprint density at radius 3 is 2.35 bits per heavy atom. The molecule has 0 bridgehead atoms. The fourth-order valence-electron chi connectivity index (χ4n) is 1.73. The molecule has 0 radical (unpaired) electrons. The molecule has 0 spiro atoms. The van der Waals surface area contributed by atoms with Crippen LogP contribution in [0.3, 0.4) is 0 Å². The van der Waals surface area contributed by atoms with Gasteiger partial charge in [0.15, 0.2) is 0 Å². The molecule has 2 rings (SSSR count). The Morgan fingerprint density at radius 1 is 1.20 bits per heavy atom. The number of carbonyl (C=O) groups excluding carboxylic acids is 1. The molecule has 20 heavy (non-hydrogen) atoms. The van der Waals surface area contributed by atoms with Crippen LogP contribution in [0.5, 0.6) is 0 Å². The van der Waals surface area contributed by atoms with Crippen molar-refractivity contribution >= 4 is 11.7 Å². The second-order valence-electron chi connectivity index (χ2n) is 4.14. The molecule has 0 fully saturated rings. The summed E-state index contributed by atoms with van der Waals surface area (Å²) in [6.45, 7) is 0. The van der Waals surface area contributed by atoms with Crippen LogP contribution in [0, 0.1) is 10.1 Å². The largest absolute Gasteiger partial charge is 0.464 e. The van der Waals surface area contributed by atoms with Gasteiger partial charge in [0.1, 0.15) is 5.69 Å². The number of benzene rings is 1. The van der Waals surface area contributed by atoms with Crippen molar-refractivity contribution in [2.75, 3.05) is 7.11 Å². The second kappa shape index (κ2) is 5.92. The molecule has 0 unspecified atom stereocenters. The topological polar surface area (TPSA) is 82.3 Å². The third kappa shape index (κ3) is 3.17. The average molecular weight is 272 g/mol. The number of nitro groups is 1. The standard InChI is InChI=1S/C14H12N2O4/c1-20-14(17)13-7-4-11(9-15-13)8-10-2-5-12(6-3-10)16(18)19/h2-7,9H,8H2,1H3. The Labute approximate surface area is 115 Å². The van der Waals surface area contributed by atoms with E-state index < -0.39 is 10.9 Å². The Morgan fingerprint density at radius 2 is 1.85 bits per heavy atom. The molecule has 6 heteroatoms. The van der Waals surface area contributed by atoms with Gasteiger partial charge >= 0.3 is 5.97 Å². The molecular weight excluding hydrogens is 260 g/mol. The van der Waals surface area contributed by atoms with Gasteiger partial charge in [-0.05, 0) is 23.6 Å². The number of esters is 1. The average Bonchev–Trinajstić information content (AvgIpc) is 2.48. The number of rotatable bonds is 4. The molecule has 1 heterocycles. The Balaban J connectivity index is 2.10. The quantitative estimate of drug-likeness (QED) is 0.484. The molecule has 0 amide bonds. The number of methoxy groups -OCH3 is 1. The highest BCUT2D eigenvalue weighted by molar-refractivity contribution is 5.86. The van der Waals surface area contributed by atoms with E-state index in [-0.39, 0.29) is 11.4 Å². The van der Waals surface area contributed by atoms with Crippen molar-refractivity contribution in [3.8, 4) is 0 Å². The minimum atomic E-state index is -0.480. The SMILES string of the molecule is COC(=O)c1ccc(Cc2ccc([N+](=O)[O-])cc2)cn1. The van der Waals surface area contributed by atoms with Crippen LogP contribution in [-0.4, -0.2) is 23.0 Å². The first kappa shape index (κ1) is 13.7. The third-order valence-corrected chi connectivity index (χ3v) is 2.77. The highest BCUT2D eigenvalue weighted by Crippen LogP contribution is 2.15. The minimum absolute atomic E-state index is 0.0629. The summed E-state index contributed by atoms with van der Waals surface area (Å²) in [5.74, 6) is -0.480. The molecule has 0 saturated carbocycles. The summed E-state index contributed by atoms with van der Waals surface area (Å²) in [7, 11) is 1.30. The van der Waals surface area contributed by atoms with Gasteiger partial charge in [-0.1, -0.05) is 18.2 Å². The van der Waals surface area contributed by atoms with Crippen LogP contribution in [0.1, 0.15) is 21.6 Å². The summed E-state index contributed by atoms with van der Waals surface area (Å²) < 4.78 is 4.56. The summed E-state index contributed by atoms with van der Waals surface area (Å²) in [5, 5.41) is 10.6. The number of hydrogen-bond donors (Lipinski definition) is 0. The lowest BCUT2D eigenvalue weighted by molar-refractivity contribution is -0.384. The molecule has 1 aromatic carbocycles. The lowest BCUT2D eigenvalue weighted by Gasteiger charge is -2.03. The first-order valence-corrected chi connectivity index (χ1v) is 5.86. The van der Waals surface area contributed by atoms with Crippen molar-refractivity contribution < 1.29 is 14.5 Å². The molecule has 0 atom stereocenters. The zero-order valence-electron chi connectivity index (χ0n) is 10.8. The second-order valence-corrected chi connectivity index (χ2v) is 4.14. The molecular formula is C14H12N2O4. The van der Waals surface area contributed by atoms with Gasteiger partial charge in [-0.3, -0.25) is 10.1 Å². The number of hydrogen-bond acceptors (Lipinski definition) is 5. The van der Waals surface area contributed by atoms with Crippen LogP contribution in [0.25, 0.3) is 0 Å². The van der Waals surface area contributed by atoms with Gasteiger partial charge in [-0.25, -0.2) is 9.78 Å². The predicted molar refractivity (Wildman–Crippen MR) is 71.5 cm³/mol. The van der Waals surface area contributed by atoms with Gasteiger partial charge in [0, 0.05) is 18.3 Å². The fraction of sp³-hybridized carbons (Fsp3) is 0.143.